The standard InChI is InChI=1S/C26H26N2O4/c1-5-28-21-9-7-6-8-19(21)20-16-18(12-13-22(20)28)27-24(29)15-11-17-10-14-23(30-2)26(32-4)25(17)31-3/h6-16H,5H2,1-4H3,(H,27,29)/b15-11+. The third-order valence-corrected chi connectivity index (χ3v) is 5.51. The molecule has 4 aromatic rings. The number of benzene rings is 3. The Morgan fingerprint density at radius 2 is 1.66 bits per heavy atom. The molecule has 0 bridgehead atoms. The van der Waals surface area contributed by atoms with Crippen LogP contribution in [0, 0.1) is 0 Å². The molecular formula is C26H26N2O4. The first-order valence-electron chi connectivity index (χ1n) is 10.4. The van der Waals surface area contributed by atoms with Crippen LogP contribution in [0.5, 0.6) is 17.2 Å². The number of ether oxygens (including phenoxy) is 3. The van der Waals surface area contributed by atoms with Gasteiger partial charge in [-0.1, -0.05) is 18.2 Å². The Hall–Kier alpha value is -3.93. The van der Waals surface area contributed by atoms with E-state index in [1.807, 2.05) is 30.3 Å². The Bertz CT molecular complexity index is 1320. The van der Waals surface area contributed by atoms with Crippen LogP contribution in [0.2, 0.25) is 0 Å². The lowest BCUT2D eigenvalue weighted by molar-refractivity contribution is -0.111. The summed E-state index contributed by atoms with van der Waals surface area (Å²) in [5.74, 6) is 1.31. The van der Waals surface area contributed by atoms with Gasteiger partial charge in [-0.15, -0.1) is 0 Å². The number of fused-ring (bicyclic) bond motifs is 3. The zero-order chi connectivity index (χ0) is 22.7. The van der Waals surface area contributed by atoms with E-state index in [4.69, 9.17) is 14.2 Å². The fraction of sp³-hybridized carbons (Fsp3) is 0.192. The average Bonchev–Trinajstić information content (AvgIpc) is 3.14. The summed E-state index contributed by atoms with van der Waals surface area (Å²) in [6, 6.07) is 17.9. The van der Waals surface area contributed by atoms with Gasteiger partial charge in [-0.25, -0.2) is 0 Å². The van der Waals surface area contributed by atoms with Gasteiger partial charge in [0.25, 0.3) is 0 Å². The van der Waals surface area contributed by atoms with E-state index in [1.54, 1.807) is 33.5 Å². The Kier molecular flexibility index (Phi) is 6.03. The number of hydrogen-bond acceptors (Lipinski definition) is 4. The number of aromatic nitrogens is 1. The van der Waals surface area contributed by atoms with Crippen molar-refractivity contribution < 1.29 is 19.0 Å². The van der Waals surface area contributed by atoms with Crippen LogP contribution in [-0.2, 0) is 11.3 Å². The molecule has 0 fully saturated rings. The van der Waals surface area contributed by atoms with Crippen molar-refractivity contribution >= 4 is 39.5 Å². The zero-order valence-electron chi connectivity index (χ0n) is 18.6. The first-order chi connectivity index (χ1) is 15.6. The van der Waals surface area contributed by atoms with Crippen molar-refractivity contribution in [2.75, 3.05) is 26.6 Å². The van der Waals surface area contributed by atoms with E-state index in [9.17, 15) is 4.79 Å². The van der Waals surface area contributed by atoms with Crippen LogP contribution in [0.25, 0.3) is 27.9 Å². The molecule has 1 N–H and O–H groups in total. The maximum atomic E-state index is 12.6. The van der Waals surface area contributed by atoms with Gasteiger partial charge in [-0.05, 0) is 49.4 Å². The Balaban J connectivity index is 1.61. The van der Waals surface area contributed by atoms with Crippen molar-refractivity contribution in [3.8, 4) is 17.2 Å². The fourth-order valence-corrected chi connectivity index (χ4v) is 4.08. The summed E-state index contributed by atoms with van der Waals surface area (Å²) in [7, 11) is 4.66. The van der Waals surface area contributed by atoms with Crippen molar-refractivity contribution in [3.05, 3.63) is 66.2 Å². The number of para-hydroxylation sites is 1. The van der Waals surface area contributed by atoms with Gasteiger partial charge in [0, 0.05) is 45.7 Å². The zero-order valence-corrected chi connectivity index (χ0v) is 18.6. The number of rotatable bonds is 7. The van der Waals surface area contributed by atoms with Crippen LogP contribution in [0.3, 0.4) is 0 Å². The molecule has 0 saturated carbocycles. The number of carbonyl (C=O) groups is 1. The van der Waals surface area contributed by atoms with Gasteiger partial charge in [0.15, 0.2) is 11.5 Å². The van der Waals surface area contributed by atoms with Gasteiger partial charge in [0.05, 0.1) is 21.3 Å². The summed E-state index contributed by atoms with van der Waals surface area (Å²) in [5, 5.41) is 5.24. The summed E-state index contributed by atoms with van der Waals surface area (Å²) in [6.45, 7) is 3.01. The Morgan fingerprint density at radius 1 is 0.906 bits per heavy atom. The van der Waals surface area contributed by atoms with Gasteiger partial charge < -0.3 is 24.1 Å². The maximum Gasteiger partial charge on any atom is 0.248 e. The highest BCUT2D eigenvalue weighted by Gasteiger charge is 2.14. The minimum absolute atomic E-state index is 0.236. The number of hydrogen-bond donors (Lipinski definition) is 1. The largest absolute Gasteiger partial charge is 0.493 e. The van der Waals surface area contributed by atoms with Crippen LogP contribution in [0.4, 0.5) is 5.69 Å². The second-order valence-electron chi connectivity index (χ2n) is 7.24. The number of carbonyl (C=O) groups excluding carboxylic acids is 1. The summed E-state index contributed by atoms with van der Waals surface area (Å²) in [5.41, 5.74) is 3.79. The number of aryl methyl sites for hydroxylation is 1. The molecule has 0 aliphatic heterocycles. The number of amides is 1. The highest BCUT2D eigenvalue weighted by Crippen LogP contribution is 2.40. The number of anilines is 1. The minimum Gasteiger partial charge on any atom is -0.493 e. The molecule has 164 valence electrons. The molecule has 4 rings (SSSR count). The molecule has 3 aromatic carbocycles. The molecule has 0 aliphatic rings. The first kappa shape index (κ1) is 21.3. The Labute approximate surface area is 187 Å². The molecule has 0 radical (unpaired) electrons. The Morgan fingerprint density at radius 3 is 2.38 bits per heavy atom. The minimum atomic E-state index is -0.236. The van der Waals surface area contributed by atoms with E-state index in [0.29, 0.717) is 22.8 Å². The summed E-state index contributed by atoms with van der Waals surface area (Å²) in [6.07, 6.45) is 3.17. The number of nitrogens with one attached hydrogen (secondary N) is 1. The van der Waals surface area contributed by atoms with E-state index in [2.05, 4.69) is 35.0 Å². The highest BCUT2D eigenvalue weighted by molar-refractivity contribution is 6.10. The normalized spacial score (nSPS) is 11.2. The van der Waals surface area contributed by atoms with Crippen molar-refractivity contribution in [1.82, 2.24) is 4.57 Å². The van der Waals surface area contributed by atoms with Gasteiger partial charge >= 0.3 is 0 Å². The predicted octanol–water partition coefficient (Wildman–Crippen LogP) is 5.49. The lowest BCUT2D eigenvalue weighted by atomic mass is 10.1. The van der Waals surface area contributed by atoms with Gasteiger partial charge in [-0.3, -0.25) is 4.79 Å². The van der Waals surface area contributed by atoms with Crippen LogP contribution in [-0.4, -0.2) is 31.8 Å². The smallest absolute Gasteiger partial charge is 0.248 e. The van der Waals surface area contributed by atoms with Crippen molar-refractivity contribution in [2.24, 2.45) is 0 Å². The number of methoxy groups -OCH3 is 3. The van der Waals surface area contributed by atoms with E-state index in [1.165, 1.54) is 17.0 Å². The molecule has 6 nitrogen and oxygen atoms in total. The molecule has 0 spiro atoms. The van der Waals surface area contributed by atoms with E-state index < -0.39 is 0 Å². The lowest BCUT2D eigenvalue weighted by Crippen LogP contribution is -2.07. The van der Waals surface area contributed by atoms with Crippen LogP contribution in [0.1, 0.15) is 12.5 Å². The van der Waals surface area contributed by atoms with E-state index in [0.717, 1.165) is 23.1 Å². The van der Waals surface area contributed by atoms with Gasteiger partial charge in [0.2, 0.25) is 11.7 Å². The van der Waals surface area contributed by atoms with Crippen molar-refractivity contribution in [2.45, 2.75) is 13.5 Å². The molecule has 32 heavy (non-hydrogen) atoms. The predicted molar refractivity (Wildman–Crippen MR) is 129 cm³/mol. The molecule has 1 amide bonds. The molecule has 6 heteroatoms. The highest BCUT2D eigenvalue weighted by atomic mass is 16.5. The van der Waals surface area contributed by atoms with Crippen molar-refractivity contribution in [3.63, 3.8) is 0 Å². The average molecular weight is 431 g/mol. The fourth-order valence-electron chi connectivity index (χ4n) is 4.08. The second kappa shape index (κ2) is 9.06. The van der Waals surface area contributed by atoms with Gasteiger partial charge in [0.1, 0.15) is 0 Å². The molecule has 1 aromatic heterocycles. The van der Waals surface area contributed by atoms with E-state index in [-0.39, 0.29) is 5.91 Å². The molecular weight excluding hydrogens is 404 g/mol. The van der Waals surface area contributed by atoms with E-state index >= 15 is 0 Å². The molecule has 0 unspecified atom stereocenters. The second-order valence-corrected chi connectivity index (χ2v) is 7.24. The molecule has 0 saturated heterocycles. The molecule has 0 aliphatic carbocycles. The van der Waals surface area contributed by atoms with Crippen LogP contribution < -0.4 is 19.5 Å². The van der Waals surface area contributed by atoms with Crippen LogP contribution in [0.15, 0.2) is 60.7 Å². The summed E-state index contributed by atoms with van der Waals surface area (Å²) >= 11 is 0. The summed E-state index contributed by atoms with van der Waals surface area (Å²) < 4.78 is 18.5. The monoisotopic (exact) mass is 430 g/mol. The summed E-state index contributed by atoms with van der Waals surface area (Å²) in [4.78, 5) is 12.6. The van der Waals surface area contributed by atoms with Crippen LogP contribution >= 0.6 is 0 Å². The number of nitrogens with zero attached hydrogens (tertiary/aromatic N) is 1. The quantitative estimate of drug-likeness (QED) is 0.394. The van der Waals surface area contributed by atoms with Gasteiger partial charge in [-0.2, -0.15) is 0 Å². The third-order valence-electron chi connectivity index (χ3n) is 5.51. The third kappa shape index (κ3) is 3.75. The first-order valence-corrected chi connectivity index (χ1v) is 10.4. The van der Waals surface area contributed by atoms with Crippen molar-refractivity contribution in [1.29, 1.82) is 0 Å². The molecule has 1 heterocycles. The lowest BCUT2D eigenvalue weighted by Gasteiger charge is -2.14. The molecule has 0 atom stereocenters. The maximum absolute atomic E-state index is 12.6. The SMILES string of the molecule is CCn1c2ccccc2c2cc(NC(=O)/C=C/c3ccc(OC)c(OC)c3OC)ccc21. The topological polar surface area (TPSA) is 61.7 Å².